The normalized spacial score (nSPS) is 12.6. The van der Waals surface area contributed by atoms with Gasteiger partial charge in [-0.3, -0.25) is 16.0 Å². The van der Waals surface area contributed by atoms with Crippen LogP contribution in [0.1, 0.15) is 17.3 Å². The van der Waals surface area contributed by atoms with E-state index in [-0.39, 0.29) is 11.9 Å². The van der Waals surface area contributed by atoms with E-state index in [0.29, 0.717) is 6.42 Å². The molecule has 0 aliphatic carbocycles. The summed E-state index contributed by atoms with van der Waals surface area (Å²) in [7, 11) is 1.87. The zero-order chi connectivity index (χ0) is 12.3. The van der Waals surface area contributed by atoms with E-state index in [1.165, 1.54) is 12.1 Å². The largest absolute Gasteiger partial charge is 0.271 e. The third-order valence-corrected chi connectivity index (χ3v) is 2.77. The summed E-state index contributed by atoms with van der Waals surface area (Å²) in [4.78, 5) is 0. The van der Waals surface area contributed by atoms with Crippen molar-refractivity contribution in [3.8, 4) is 0 Å². The molecule has 0 radical (unpaired) electrons. The number of nitrogens with zero attached hydrogens (tertiary/aromatic N) is 2. The second-order valence-corrected chi connectivity index (χ2v) is 3.93. The number of hydrogen-bond donors (Lipinski definition) is 2. The summed E-state index contributed by atoms with van der Waals surface area (Å²) in [5.41, 5.74) is 4.77. The van der Waals surface area contributed by atoms with Crippen molar-refractivity contribution in [2.45, 2.75) is 12.5 Å². The molecule has 2 rings (SSSR count). The lowest BCUT2D eigenvalue weighted by Crippen LogP contribution is -2.31. The zero-order valence-corrected chi connectivity index (χ0v) is 9.60. The molecule has 90 valence electrons. The van der Waals surface area contributed by atoms with Crippen LogP contribution in [-0.2, 0) is 13.5 Å². The average Bonchev–Trinajstić information content (AvgIpc) is 2.75. The predicted molar refractivity (Wildman–Crippen MR) is 63.4 cm³/mol. The van der Waals surface area contributed by atoms with Crippen molar-refractivity contribution in [1.82, 2.24) is 15.2 Å². The minimum atomic E-state index is -0.230. The molecule has 1 atom stereocenters. The number of hydrogen-bond acceptors (Lipinski definition) is 3. The molecule has 3 N–H and O–H groups in total. The Labute approximate surface area is 99.2 Å². The lowest BCUT2D eigenvalue weighted by atomic mass is 10.0. The van der Waals surface area contributed by atoms with Gasteiger partial charge in [0, 0.05) is 13.2 Å². The van der Waals surface area contributed by atoms with Gasteiger partial charge in [0.2, 0.25) is 0 Å². The molecule has 5 heteroatoms. The minimum absolute atomic E-state index is 0.0343. The summed E-state index contributed by atoms with van der Waals surface area (Å²) in [6.07, 6.45) is 2.42. The first kappa shape index (κ1) is 11.8. The molecule has 0 saturated carbocycles. The highest BCUT2D eigenvalue weighted by atomic mass is 19.1. The maximum atomic E-state index is 12.8. The Morgan fingerprint density at radius 1 is 1.35 bits per heavy atom. The summed E-state index contributed by atoms with van der Waals surface area (Å²) >= 11 is 0. The fraction of sp³-hybridized carbons (Fsp3) is 0.250. The summed E-state index contributed by atoms with van der Waals surface area (Å²) in [6.45, 7) is 0. The number of hydrazine groups is 1. The maximum absolute atomic E-state index is 12.8. The molecule has 1 unspecified atom stereocenters. The van der Waals surface area contributed by atoms with E-state index in [0.717, 1.165) is 11.3 Å². The van der Waals surface area contributed by atoms with Crippen molar-refractivity contribution in [1.29, 1.82) is 0 Å². The van der Waals surface area contributed by atoms with Gasteiger partial charge < -0.3 is 0 Å². The van der Waals surface area contributed by atoms with Gasteiger partial charge in [0.1, 0.15) is 5.82 Å². The Balaban J connectivity index is 2.16. The van der Waals surface area contributed by atoms with Gasteiger partial charge >= 0.3 is 0 Å². The molecule has 1 heterocycles. The Kier molecular flexibility index (Phi) is 3.51. The van der Waals surface area contributed by atoms with Crippen LogP contribution >= 0.6 is 0 Å². The quantitative estimate of drug-likeness (QED) is 0.619. The van der Waals surface area contributed by atoms with E-state index >= 15 is 0 Å². The van der Waals surface area contributed by atoms with Crippen molar-refractivity contribution in [3.63, 3.8) is 0 Å². The number of aromatic nitrogens is 2. The first-order valence-corrected chi connectivity index (χ1v) is 5.39. The first-order chi connectivity index (χ1) is 8.20. The molecule has 0 aliphatic rings. The third-order valence-electron chi connectivity index (χ3n) is 2.77. The number of rotatable bonds is 4. The molecule has 2 aromatic rings. The summed E-state index contributed by atoms with van der Waals surface area (Å²) < 4.78 is 14.6. The zero-order valence-electron chi connectivity index (χ0n) is 9.60. The average molecular weight is 234 g/mol. The van der Waals surface area contributed by atoms with Crippen molar-refractivity contribution in [2.75, 3.05) is 0 Å². The van der Waals surface area contributed by atoms with Crippen molar-refractivity contribution in [3.05, 3.63) is 53.6 Å². The van der Waals surface area contributed by atoms with Crippen molar-refractivity contribution in [2.24, 2.45) is 12.9 Å². The number of nitrogens with one attached hydrogen (secondary N) is 1. The van der Waals surface area contributed by atoms with Gasteiger partial charge in [-0.2, -0.15) is 5.10 Å². The molecular weight excluding hydrogens is 219 g/mol. The molecule has 4 nitrogen and oxygen atoms in total. The van der Waals surface area contributed by atoms with E-state index in [1.54, 1.807) is 23.0 Å². The van der Waals surface area contributed by atoms with Crippen LogP contribution in [0.5, 0.6) is 0 Å². The van der Waals surface area contributed by atoms with Crippen LogP contribution in [0.15, 0.2) is 36.5 Å². The Hall–Kier alpha value is -1.72. The number of aryl methyl sites for hydroxylation is 1. The van der Waals surface area contributed by atoms with E-state index in [1.807, 2.05) is 13.1 Å². The van der Waals surface area contributed by atoms with Gasteiger partial charge in [-0.25, -0.2) is 4.39 Å². The van der Waals surface area contributed by atoms with Crippen LogP contribution in [0.25, 0.3) is 0 Å². The van der Waals surface area contributed by atoms with Crippen molar-refractivity contribution < 1.29 is 4.39 Å². The standard InChI is InChI=1S/C12H15FN4/c1-17-12(6-7-15-17)11(16-14)8-9-2-4-10(13)5-3-9/h2-7,11,16H,8,14H2,1H3. The van der Waals surface area contributed by atoms with Crippen LogP contribution < -0.4 is 11.3 Å². The summed E-state index contributed by atoms with van der Waals surface area (Å²) in [5, 5.41) is 4.10. The third kappa shape index (κ3) is 2.69. The maximum Gasteiger partial charge on any atom is 0.123 e. The molecular formula is C12H15FN4. The second kappa shape index (κ2) is 5.07. The van der Waals surface area contributed by atoms with Gasteiger partial charge in [-0.15, -0.1) is 0 Å². The van der Waals surface area contributed by atoms with Gasteiger partial charge in [-0.05, 0) is 30.2 Å². The Morgan fingerprint density at radius 3 is 2.59 bits per heavy atom. The van der Waals surface area contributed by atoms with E-state index in [2.05, 4.69) is 10.5 Å². The fourth-order valence-electron chi connectivity index (χ4n) is 1.83. The molecule has 0 saturated heterocycles. The molecule has 0 fully saturated rings. The number of halogens is 1. The molecule has 1 aromatic carbocycles. The monoisotopic (exact) mass is 234 g/mol. The Bertz CT molecular complexity index is 478. The first-order valence-electron chi connectivity index (χ1n) is 5.39. The lowest BCUT2D eigenvalue weighted by molar-refractivity contribution is 0.508. The molecule has 1 aromatic heterocycles. The summed E-state index contributed by atoms with van der Waals surface area (Å²) in [6, 6.07) is 8.30. The molecule has 0 bridgehead atoms. The van der Waals surface area contributed by atoms with E-state index in [9.17, 15) is 4.39 Å². The van der Waals surface area contributed by atoms with Gasteiger partial charge in [0.05, 0.1) is 11.7 Å². The lowest BCUT2D eigenvalue weighted by Gasteiger charge is -2.16. The molecule has 17 heavy (non-hydrogen) atoms. The molecule has 0 amide bonds. The highest BCUT2D eigenvalue weighted by Gasteiger charge is 2.13. The van der Waals surface area contributed by atoms with E-state index < -0.39 is 0 Å². The van der Waals surface area contributed by atoms with Gasteiger partial charge in [-0.1, -0.05) is 12.1 Å². The van der Waals surface area contributed by atoms with Crippen LogP contribution in [0.2, 0.25) is 0 Å². The Morgan fingerprint density at radius 2 is 2.06 bits per heavy atom. The van der Waals surface area contributed by atoms with Gasteiger partial charge in [0.25, 0.3) is 0 Å². The number of nitrogens with two attached hydrogens (primary N) is 1. The van der Waals surface area contributed by atoms with Crippen LogP contribution in [-0.4, -0.2) is 9.78 Å². The topological polar surface area (TPSA) is 55.9 Å². The van der Waals surface area contributed by atoms with Crippen LogP contribution in [0, 0.1) is 5.82 Å². The highest BCUT2D eigenvalue weighted by Crippen LogP contribution is 2.17. The van der Waals surface area contributed by atoms with Gasteiger partial charge in [0.15, 0.2) is 0 Å². The van der Waals surface area contributed by atoms with Crippen LogP contribution in [0.3, 0.4) is 0 Å². The smallest absolute Gasteiger partial charge is 0.123 e. The van der Waals surface area contributed by atoms with E-state index in [4.69, 9.17) is 5.84 Å². The predicted octanol–water partition coefficient (Wildman–Crippen LogP) is 1.31. The molecule has 0 spiro atoms. The number of benzene rings is 1. The SMILES string of the molecule is Cn1nccc1C(Cc1ccc(F)cc1)NN. The second-order valence-electron chi connectivity index (χ2n) is 3.93. The fourth-order valence-corrected chi connectivity index (χ4v) is 1.83. The summed E-state index contributed by atoms with van der Waals surface area (Å²) in [5.74, 6) is 5.32. The highest BCUT2D eigenvalue weighted by molar-refractivity contribution is 5.19. The minimum Gasteiger partial charge on any atom is -0.271 e. The van der Waals surface area contributed by atoms with Crippen molar-refractivity contribution >= 4 is 0 Å². The molecule has 0 aliphatic heterocycles. The van der Waals surface area contributed by atoms with Crippen LogP contribution in [0.4, 0.5) is 4.39 Å².